The monoisotopic (exact) mass is 208 g/mol. The number of rotatable bonds is 4. The maximum absolute atomic E-state index is 5.00. The van der Waals surface area contributed by atoms with E-state index in [0.717, 1.165) is 5.56 Å². The Morgan fingerprint density at radius 1 is 1.20 bits per heavy atom. The molecule has 80 valence electrons. The van der Waals surface area contributed by atoms with Crippen molar-refractivity contribution in [3.8, 4) is 0 Å². The Morgan fingerprint density at radius 3 is 2.53 bits per heavy atom. The van der Waals surface area contributed by atoms with E-state index in [4.69, 9.17) is 16.4 Å². The molecule has 1 rings (SSSR count). The molecule has 0 spiro atoms. The van der Waals surface area contributed by atoms with Gasteiger partial charge in [0, 0.05) is 12.7 Å². The average molecular weight is 208 g/mol. The van der Waals surface area contributed by atoms with Gasteiger partial charge in [0.25, 0.3) is 0 Å². The van der Waals surface area contributed by atoms with Crippen LogP contribution in [0.3, 0.4) is 0 Å². The van der Waals surface area contributed by atoms with E-state index < -0.39 is 0 Å². The van der Waals surface area contributed by atoms with Gasteiger partial charge in [0.05, 0.1) is 18.0 Å². The van der Waals surface area contributed by atoms with Gasteiger partial charge in [-0.15, -0.1) is 10.2 Å². The fourth-order valence-electron chi connectivity index (χ4n) is 1.13. The number of hydrogen-bond donors (Lipinski definition) is 2. The number of methoxy groups -OCH3 is 1. The summed E-state index contributed by atoms with van der Waals surface area (Å²) in [6, 6.07) is 5.18. The van der Waals surface area contributed by atoms with Gasteiger partial charge in [0.1, 0.15) is 0 Å². The van der Waals surface area contributed by atoms with Gasteiger partial charge in [0.15, 0.2) is 0 Å². The van der Waals surface area contributed by atoms with Crippen LogP contribution < -0.4 is 11.7 Å². The van der Waals surface area contributed by atoms with Crippen LogP contribution >= 0.6 is 0 Å². The highest BCUT2D eigenvalue weighted by Gasteiger charge is 2.03. The van der Waals surface area contributed by atoms with Gasteiger partial charge in [-0.1, -0.05) is 10.4 Å². The lowest BCUT2D eigenvalue weighted by Crippen LogP contribution is -1.88. The van der Waals surface area contributed by atoms with Gasteiger partial charge >= 0.3 is 0 Å². The Labute approximate surface area is 86.8 Å². The molecule has 0 atom stereocenters. The number of nitrogens with zero attached hydrogens (tertiary/aromatic N) is 4. The van der Waals surface area contributed by atoms with Gasteiger partial charge in [-0.25, -0.2) is 0 Å². The van der Waals surface area contributed by atoms with E-state index in [-0.39, 0.29) is 0 Å². The minimum atomic E-state index is 0.391. The molecular formula is C8H12N6O. The van der Waals surface area contributed by atoms with Gasteiger partial charge in [-0.05, 0) is 18.2 Å². The first kappa shape index (κ1) is 11.1. The van der Waals surface area contributed by atoms with Crippen molar-refractivity contribution in [1.82, 2.24) is 0 Å². The highest BCUT2D eigenvalue weighted by molar-refractivity contribution is 5.53. The molecule has 0 amide bonds. The first-order valence-electron chi connectivity index (χ1n) is 4.15. The highest BCUT2D eigenvalue weighted by atomic mass is 16.5. The van der Waals surface area contributed by atoms with Gasteiger partial charge < -0.3 is 16.4 Å². The lowest BCUT2D eigenvalue weighted by Gasteiger charge is -2.03. The zero-order chi connectivity index (χ0) is 11.1. The van der Waals surface area contributed by atoms with Crippen molar-refractivity contribution < 1.29 is 4.74 Å². The first-order valence-corrected chi connectivity index (χ1v) is 4.15. The normalized spacial score (nSPS) is 11.5. The molecule has 0 aliphatic rings. The molecule has 0 aliphatic carbocycles. The largest absolute Gasteiger partial charge is 0.380 e. The molecule has 0 bridgehead atoms. The summed E-state index contributed by atoms with van der Waals surface area (Å²) in [5, 5.41) is 13.8. The summed E-state index contributed by atoms with van der Waals surface area (Å²) in [7, 11) is 1.58. The maximum atomic E-state index is 5.00. The molecule has 1 aromatic carbocycles. The van der Waals surface area contributed by atoms with Crippen molar-refractivity contribution in [3.05, 3.63) is 23.8 Å². The van der Waals surface area contributed by atoms with Crippen LogP contribution in [-0.4, -0.2) is 7.11 Å². The molecule has 0 aromatic heterocycles. The minimum Gasteiger partial charge on any atom is -0.380 e. The third-order valence-electron chi connectivity index (χ3n) is 1.70. The zero-order valence-corrected chi connectivity index (χ0v) is 8.29. The van der Waals surface area contributed by atoms with Crippen molar-refractivity contribution in [2.45, 2.75) is 6.61 Å². The molecule has 0 heterocycles. The molecule has 0 fully saturated rings. The Balaban J connectivity index is 3.07. The summed E-state index contributed by atoms with van der Waals surface area (Å²) in [6.07, 6.45) is 0. The Morgan fingerprint density at radius 2 is 1.93 bits per heavy atom. The molecule has 0 unspecified atom stereocenters. The number of hydrogen-bond acceptors (Lipinski definition) is 5. The SMILES string of the molecule is COCc1cc(N=NN)ccc1N=NN. The van der Waals surface area contributed by atoms with E-state index >= 15 is 0 Å². The fraction of sp³-hybridized carbons (Fsp3) is 0.250. The smallest absolute Gasteiger partial charge is 0.0930 e. The topological polar surface area (TPSA) is 111 Å². The van der Waals surface area contributed by atoms with Crippen LogP contribution in [0.4, 0.5) is 11.4 Å². The molecule has 7 heteroatoms. The molecule has 0 saturated heterocycles. The molecule has 0 radical (unpaired) electrons. The van der Waals surface area contributed by atoms with Gasteiger partial charge in [-0.3, -0.25) is 0 Å². The number of benzene rings is 1. The van der Waals surface area contributed by atoms with Crippen molar-refractivity contribution in [2.75, 3.05) is 7.11 Å². The summed E-state index contributed by atoms with van der Waals surface area (Å²) in [4.78, 5) is 0. The van der Waals surface area contributed by atoms with Crippen LogP contribution in [0.2, 0.25) is 0 Å². The minimum absolute atomic E-state index is 0.391. The number of ether oxygens (including phenoxy) is 1. The van der Waals surface area contributed by atoms with E-state index in [1.54, 1.807) is 25.3 Å². The van der Waals surface area contributed by atoms with E-state index in [2.05, 4.69) is 20.7 Å². The van der Waals surface area contributed by atoms with E-state index in [1.807, 2.05) is 0 Å². The van der Waals surface area contributed by atoms with Crippen molar-refractivity contribution >= 4 is 11.4 Å². The van der Waals surface area contributed by atoms with Crippen LogP contribution in [0.25, 0.3) is 0 Å². The molecule has 4 N–H and O–H groups in total. The molecule has 0 aliphatic heterocycles. The van der Waals surface area contributed by atoms with Gasteiger partial charge in [0.2, 0.25) is 0 Å². The Hall–Kier alpha value is -2.02. The maximum Gasteiger partial charge on any atom is 0.0930 e. The average Bonchev–Trinajstić information content (AvgIpc) is 2.23. The predicted octanol–water partition coefficient (Wildman–Crippen LogP) is 1.75. The Kier molecular flexibility index (Phi) is 4.17. The van der Waals surface area contributed by atoms with Gasteiger partial charge in [-0.2, -0.15) is 0 Å². The quantitative estimate of drug-likeness (QED) is 0.446. The van der Waals surface area contributed by atoms with Crippen LogP contribution in [0, 0.1) is 0 Å². The number of nitrogens with two attached hydrogens (primary N) is 2. The highest BCUT2D eigenvalue weighted by Crippen LogP contribution is 2.25. The molecular weight excluding hydrogens is 196 g/mol. The summed E-state index contributed by atoms with van der Waals surface area (Å²) in [5.74, 6) is 9.92. The van der Waals surface area contributed by atoms with E-state index in [0.29, 0.717) is 18.0 Å². The summed E-state index contributed by atoms with van der Waals surface area (Å²) in [5.41, 5.74) is 2.08. The standard InChI is InChI=1S/C8H12N6O/c1-15-5-6-4-7(11-13-9)2-3-8(6)12-14-10/h2-4H,5H2,1H3,(H2,9,11)(H2,10,12). The van der Waals surface area contributed by atoms with Crippen molar-refractivity contribution in [2.24, 2.45) is 32.4 Å². The molecule has 15 heavy (non-hydrogen) atoms. The van der Waals surface area contributed by atoms with Crippen molar-refractivity contribution in [1.29, 1.82) is 0 Å². The Bertz CT molecular complexity index is 375. The van der Waals surface area contributed by atoms with E-state index in [1.165, 1.54) is 0 Å². The summed E-state index contributed by atoms with van der Waals surface area (Å²) >= 11 is 0. The van der Waals surface area contributed by atoms with Crippen LogP contribution in [-0.2, 0) is 11.3 Å². The third kappa shape index (κ3) is 2.99. The zero-order valence-electron chi connectivity index (χ0n) is 8.29. The molecule has 1 aromatic rings. The predicted molar refractivity (Wildman–Crippen MR) is 54.6 cm³/mol. The fourth-order valence-corrected chi connectivity index (χ4v) is 1.13. The third-order valence-corrected chi connectivity index (χ3v) is 1.70. The summed E-state index contributed by atoms with van der Waals surface area (Å²) in [6.45, 7) is 0.391. The van der Waals surface area contributed by atoms with Crippen LogP contribution in [0.1, 0.15) is 5.56 Å². The van der Waals surface area contributed by atoms with Crippen LogP contribution in [0.15, 0.2) is 38.9 Å². The molecule has 7 nitrogen and oxygen atoms in total. The summed E-state index contributed by atoms with van der Waals surface area (Å²) < 4.78 is 5.00. The molecule has 0 saturated carbocycles. The first-order chi connectivity index (χ1) is 7.31. The lowest BCUT2D eigenvalue weighted by molar-refractivity contribution is 0.185. The van der Waals surface area contributed by atoms with Crippen LogP contribution in [0.5, 0.6) is 0 Å². The lowest BCUT2D eigenvalue weighted by atomic mass is 10.2. The second kappa shape index (κ2) is 5.66. The second-order valence-electron chi connectivity index (χ2n) is 2.68. The second-order valence-corrected chi connectivity index (χ2v) is 2.68. The van der Waals surface area contributed by atoms with E-state index in [9.17, 15) is 0 Å². The van der Waals surface area contributed by atoms with Crippen molar-refractivity contribution in [3.63, 3.8) is 0 Å².